The number of carbonyl (C=O) groups excluding carboxylic acids is 1. The zero-order chi connectivity index (χ0) is 25.8. The molecule has 35 heavy (non-hydrogen) atoms. The number of carbonyl (C=O) groups is 1. The van der Waals surface area contributed by atoms with Gasteiger partial charge in [-0.1, -0.05) is 44.2 Å². The molecule has 1 N–H and O–H groups in total. The highest BCUT2D eigenvalue weighted by Gasteiger charge is 2.09. The Morgan fingerprint density at radius 1 is 0.943 bits per heavy atom. The maximum atomic E-state index is 13.3. The van der Waals surface area contributed by atoms with Crippen LogP contribution in [0.15, 0.2) is 76.1 Å². The molecule has 0 aliphatic carbocycles. The van der Waals surface area contributed by atoms with Crippen molar-refractivity contribution < 1.29 is 26.8 Å². The summed E-state index contributed by atoms with van der Waals surface area (Å²) in [6.45, 7) is 3.96. The van der Waals surface area contributed by atoms with Crippen LogP contribution in [0, 0.1) is 23.3 Å². The van der Waals surface area contributed by atoms with E-state index >= 15 is 0 Å². The van der Waals surface area contributed by atoms with E-state index < -0.39 is 28.9 Å². The SMILES string of the molecule is CC.O=C(CCc1ccccc1)NCc1ncc(F)cc1F.O=c1ccc2c(F)c(F)ccc2o1. The predicted octanol–water partition coefficient (Wildman–Crippen LogP) is 5.71. The third-order valence-electron chi connectivity index (χ3n) is 4.51. The highest BCUT2D eigenvalue weighted by atomic mass is 19.2. The van der Waals surface area contributed by atoms with Gasteiger partial charge in [-0.15, -0.1) is 0 Å². The Morgan fingerprint density at radius 2 is 1.66 bits per heavy atom. The van der Waals surface area contributed by atoms with Crippen molar-refractivity contribution in [3.05, 3.63) is 112 Å². The third kappa shape index (κ3) is 8.37. The number of fused-ring (bicyclic) bond motifs is 1. The normalized spacial score (nSPS) is 10.0. The average molecular weight is 488 g/mol. The lowest BCUT2D eigenvalue weighted by Gasteiger charge is -2.06. The van der Waals surface area contributed by atoms with Crippen LogP contribution in [0.3, 0.4) is 0 Å². The van der Waals surface area contributed by atoms with E-state index in [1.807, 2.05) is 44.2 Å². The Hall–Kier alpha value is -4.01. The number of pyridine rings is 1. The van der Waals surface area contributed by atoms with Crippen molar-refractivity contribution in [2.24, 2.45) is 0 Å². The van der Waals surface area contributed by atoms with Crippen molar-refractivity contribution in [3.63, 3.8) is 0 Å². The summed E-state index contributed by atoms with van der Waals surface area (Å²) in [5.41, 5.74) is 0.554. The molecular formula is C26H24F4N2O3. The average Bonchev–Trinajstić information content (AvgIpc) is 2.87. The number of aromatic nitrogens is 1. The Labute approximate surface area is 199 Å². The van der Waals surface area contributed by atoms with E-state index in [2.05, 4.69) is 14.7 Å². The first-order chi connectivity index (χ1) is 16.8. The molecule has 4 rings (SSSR count). The molecule has 0 saturated carbocycles. The highest BCUT2D eigenvalue weighted by Crippen LogP contribution is 2.18. The largest absolute Gasteiger partial charge is 0.423 e. The van der Waals surface area contributed by atoms with Gasteiger partial charge in [0.2, 0.25) is 5.91 Å². The van der Waals surface area contributed by atoms with Crippen molar-refractivity contribution in [2.75, 3.05) is 0 Å². The molecule has 0 aliphatic heterocycles. The molecule has 0 radical (unpaired) electrons. The molecule has 5 nitrogen and oxygen atoms in total. The van der Waals surface area contributed by atoms with E-state index in [0.29, 0.717) is 12.8 Å². The molecule has 2 aromatic heterocycles. The smallest absolute Gasteiger partial charge is 0.336 e. The van der Waals surface area contributed by atoms with Crippen LogP contribution < -0.4 is 10.9 Å². The van der Waals surface area contributed by atoms with Crippen LogP contribution in [-0.4, -0.2) is 10.9 Å². The molecular weight excluding hydrogens is 464 g/mol. The lowest BCUT2D eigenvalue weighted by molar-refractivity contribution is -0.121. The second-order valence-electron chi connectivity index (χ2n) is 6.87. The third-order valence-corrected chi connectivity index (χ3v) is 4.51. The number of nitrogens with one attached hydrogen (secondary N) is 1. The molecule has 0 unspecified atom stereocenters. The Morgan fingerprint density at radius 3 is 2.34 bits per heavy atom. The lowest BCUT2D eigenvalue weighted by atomic mass is 10.1. The van der Waals surface area contributed by atoms with Gasteiger partial charge in [-0.2, -0.15) is 0 Å². The van der Waals surface area contributed by atoms with Crippen molar-refractivity contribution >= 4 is 16.9 Å². The quantitative estimate of drug-likeness (QED) is 0.289. The van der Waals surface area contributed by atoms with Gasteiger partial charge >= 0.3 is 5.63 Å². The Balaban J connectivity index is 0.000000248. The van der Waals surface area contributed by atoms with Crippen LogP contribution >= 0.6 is 0 Å². The fourth-order valence-electron chi connectivity index (χ4n) is 2.83. The summed E-state index contributed by atoms with van der Waals surface area (Å²) in [6.07, 6.45) is 1.85. The monoisotopic (exact) mass is 488 g/mol. The van der Waals surface area contributed by atoms with Gasteiger partial charge in [0.1, 0.15) is 17.2 Å². The van der Waals surface area contributed by atoms with Gasteiger partial charge in [0.05, 0.1) is 23.8 Å². The van der Waals surface area contributed by atoms with Crippen LogP contribution in [0.4, 0.5) is 17.6 Å². The van der Waals surface area contributed by atoms with E-state index in [-0.39, 0.29) is 29.1 Å². The van der Waals surface area contributed by atoms with E-state index in [1.54, 1.807) is 0 Å². The van der Waals surface area contributed by atoms with Gasteiger partial charge in [-0.25, -0.2) is 22.4 Å². The first-order valence-electron chi connectivity index (χ1n) is 10.8. The van der Waals surface area contributed by atoms with E-state index in [4.69, 9.17) is 0 Å². The molecule has 9 heteroatoms. The minimum Gasteiger partial charge on any atom is -0.423 e. The number of benzene rings is 2. The van der Waals surface area contributed by atoms with Gasteiger partial charge in [0.25, 0.3) is 0 Å². The molecule has 2 aromatic carbocycles. The Bertz CT molecular complexity index is 1310. The van der Waals surface area contributed by atoms with Crippen LogP contribution in [0.1, 0.15) is 31.5 Å². The zero-order valence-corrected chi connectivity index (χ0v) is 19.2. The van der Waals surface area contributed by atoms with E-state index in [9.17, 15) is 27.2 Å². The van der Waals surface area contributed by atoms with Crippen molar-refractivity contribution in [1.29, 1.82) is 0 Å². The van der Waals surface area contributed by atoms with Crippen molar-refractivity contribution in [2.45, 2.75) is 33.2 Å². The lowest BCUT2D eigenvalue weighted by Crippen LogP contribution is -2.24. The summed E-state index contributed by atoms with van der Waals surface area (Å²) in [7, 11) is 0. The topological polar surface area (TPSA) is 72.2 Å². The maximum Gasteiger partial charge on any atom is 0.336 e. The number of hydrogen-bond acceptors (Lipinski definition) is 4. The first-order valence-corrected chi connectivity index (χ1v) is 10.8. The van der Waals surface area contributed by atoms with Crippen LogP contribution in [-0.2, 0) is 17.8 Å². The minimum atomic E-state index is -0.999. The van der Waals surface area contributed by atoms with Crippen molar-refractivity contribution in [1.82, 2.24) is 10.3 Å². The fourth-order valence-corrected chi connectivity index (χ4v) is 2.83. The fraction of sp³-hybridized carbons (Fsp3) is 0.192. The molecule has 4 aromatic rings. The second-order valence-corrected chi connectivity index (χ2v) is 6.87. The summed E-state index contributed by atoms with van der Waals surface area (Å²) in [6, 6.07) is 14.7. The predicted molar refractivity (Wildman–Crippen MR) is 125 cm³/mol. The van der Waals surface area contributed by atoms with Crippen LogP contribution in [0.2, 0.25) is 0 Å². The number of halogens is 4. The highest BCUT2D eigenvalue weighted by molar-refractivity contribution is 5.77. The molecule has 1 amide bonds. The Kier molecular flexibility index (Phi) is 10.6. The molecule has 0 aliphatic rings. The number of rotatable bonds is 5. The summed E-state index contributed by atoms with van der Waals surface area (Å²) in [5.74, 6) is -3.64. The molecule has 0 bridgehead atoms. The number of amides is 1. The molecule has 184 valence electrons. The molecule has 0 atom stereocenters. The van der Waals surface area contributed by atoms with Gasteiger partial charge < -0.3 is 9.73 Å². The molecule has 2 heterocycles. The van der Waals surface area contributed by atoms with Gasteiger partial charge in [0, 0.05) is 18.6 Å². The summed E-state index contributed by atoms with van der Waals surface area (Å²) in [4.78, 5) is 25.9. The standard InChI is InChI=1S/C15H14F2N2O.C9H4F2O2.C2H6/c16-12-8-13(17)14(18-9-12)10-19-15(20)7-6-11-4-2-1-3-5-11;10-6-2-3-7-5(9(6)11)1-4-8(12)13-7;1-2/h1-5,8-9H,6-7,10H2,(H,19,20);1-4H;1-2H3. The number of aryl methyl sites for hydroxylation is 1. The first kappa shape index (κ1) is 27.2. The van der Waals surface area contributed by atoms with Gasteiger partial charge in [-0.3, -0.25) is 9.78 Å². The van der Waals surface area contributed by atoms with Gasteiger partial charge in [-0.05, 0) is 30.2 Å². The van der Waals surface area contributed by atoms with Gasteiger partial charge in [0.15, 0.2) is 11.6 Å². The second kappa shape index (κ2) is 13.6. The summed E-state index contributed by atoms with van der Waals surface area (Å²) < 4.78 is 56.2. The molecule has 0 spiro atoms. The van der Waals surface area contributed by atoms with Crippen molar-refractivity contribution in [3.8, 4) is 0 Å². The summed E-state index contributed by atoms with van der Waals surface area (Å²) >= 11 is 0. The zero-order valence-electron chi connectivity index (χ0n) is 19.2. The number of hydrogen-bond donors (Lipinski definition) is 1. The summed E-state index contributed by atoms with van der Waals surface area (Å²) in [5, 5.41) is 2.54. The van der Waals surface area contributed by atoms with E-state index in [1.165, 1.54) is 12.1 Å². The molecule has 0 fully saturated rings. The minimum absolute atomic E-state index is 0.0273. The maximum absolute atomic E-state index is 13.3. The van der Waals surface area contributed by atoms with Crippen LogP contribution in [0.25, 0.3) is 11.0 Å². The number of nitrogens with zero attached hydrogens (tertiary/aromatic N) is 1. The van der Waals surface area contributed by atoms with Crippen LogP contribution in [0.5, 0.6) is 0 Å². The molecule has 0 saturated heterocycles. The van der Waals surface area contributed by atoms with E-state index in [0.717, 1.165) is 30.0 Å².